The van der Waals surface area contributed by atoms with Gasteiger partial charge in [-0.3, -0.25) is 0 Å². The topological polar surface area (TPSA) is 49.7 Å². The molecule has 0 saturated heterocycles. The molecule has 0 spiro atoms. The van der Waals surface area contributed by atoms with Gasteiger partial charge >= 0.3 is 148 Å². The molecule has 1 saturated carbocycles. The molecule has 0 unspecified atom stereocenters. The van der Waals surface area contributed by atoms with E-state index in [0.717, 1.165) is 0 Å². The van der Waals surface area contributed by atoms with Crippen LogP contribution in [-0.4, -0.2) is 46.6 Å². The molecule has 138 valence electrons. The second-order valence-corrected chi connectivity index (χ2v) is 21.8. The Labute approximate surface area is 148 Å². The average molecular weight is 435 g/mol. The van der Waals surface area contributed by atoms with Crippen molar-refractivity contribution in [2.45, 2.75) is 115 Å². The molecular formula is C19H40O3Sn. The zero-order valence-corrected chi connectivity index (χ0v) is 19.0. The summed E-state index contributed by atoms with van der Waals surface area (Å²) >= 11 is -2.68. The Balaban J connectivity index is 3.05. The standard InChI is InChI=1S/C7H13O3.3C4H9.Sn/c1-5(2)10-7(9)3-6(8)4-7;3*1-3-4-2;/h3,5-6,8-9H,4H2,1-2H3;3*1,3-4H2,2H3;/t6-,7-;;;;/m1..../s1. The van der Waals surface area contributed by atoms with Crippen molar-refractivity contribution in [1.82, 2.24) is 0 Å². The van der Waals surface area contributed by atoms with Crippen LogP contribution in [0.1, 0.15) is 79.6 Å². The fourth-order valence-corrected chi connectivity index (χ4v) is 24.3. The number of rotatable bonds is 12. The van der Waals surface area contributed by atoms with E-state index in [4.69, 9.17) is 4.74 Å². The first-order chi connectivity index (χ1) is 10.8. The molecule has 0 aliphatic heterocycles. The molecule has 0 aromatic rings. The Kier molecular flexibility index (Phi) is 9.43. The molecule has 4 heteroatoms. The van der Waals surface area contributed by atoms with E-state index in [2.05, 4.69) is 20.8 Å². The van der Waals surface area contributed by atoms with Crippen molar-refractivity contribution in [2.75, 3.05) is 0 Å². The van der Waals surface area contributed by atoms with Gasteiger partial charge in [-0.05, 0) is 0 Å². The summed E-state index contributed by atoms with van der Waals surface area (Å²) in [5.41, 5.74) is 0. The van der Waals surface area contributed by atoms with Gasteiger partial charge in [0.2, 0.25) is 0 Å². The van der Waals surface area contributed by atoms with Gasteiger partial charge in [-0.15, -0.1) is 0 Å². The zero-order valence-electron chi connectivity index (χ0n) is 16.1. The Morgan fingerprint density at radius 2 is 1.43 bits per heavy atom. The molecule has 1 aliphatic carbocycles. The van der Waals surface area contributed by atoms with E-state index in [-0.39, 0.29) is 16.1 Å². The molecule has 0 aromatic carbocycles. The summed E-state index contributed by atoms with van der Waals surface area (Å²) in [7, 11) is 0. The van der Waals surface area contributed by atoms with Gasteiger partial charge in [0.25, 0.3) is 0 Å². The Hall–Kier alpha value is 0.679. The molecule has 0 aromatic heterocycles. The second-order valence-electron chi connectivity index (χ2n) is 7.93. The fourth-order valence-electron chi connectivity index (χ4n) is 4.53. The van der Waals surface area contributed by atoms with E-state index in [1.807, 2.05) is 13.8 Å². The number of hydrogen-bond acceptors (Lipinski definition) is 3. The van der Waals surface area contributed by atoms with Gasteiger partial charge in [0, 0.05) is 0 Å². The van der Waals surface area contributed by atoms with Gasteiger partial charge in [-0.2, -0.15) is 0 Å². The molecule has 1 fully saturated rings. The van der Waals surface area contributed by atoms with Crippen LogP contribution in [0.4, 0.5) is 0 Å². The number of hydrogen-bond donors (Lipinski definition) is 2. The van der Waals surface area contributed by atoms with E-state index in [0.29, 0.717) is 6.42 Å². The average Bonchev–Trinajstić information content (AvgIpc) is 2.47. The molecule has 0 amide bonds. The fraction of sp³-hybridized carbons (Fsp3) is 1.00. The van der Waals surface area contributed by atoms with Crippen molar-refractivity contribution >= 4 is 18.4 Å². The number of ether oxygens (including phenoxy) is 1. The van der Waals surface area contributed by atoms with Crippen LogP contribution in [0.2, 0.25) is 17.2 Å². The van der Waals surface area contributed by atoms with Crippen LogP contribution >= 0.6 is 0 Å². The second kappa shape index (κ2) is 9.98. The maximum atomic E-state index is 11.1. The van der Waals surface area contributed by atoms with Crippen molar-refractivity contribution in [3.05, 3.63) is 0 Å². The van der Waals surface area contributed by atoms with Crippen molar-refractivity contribution in [1.29, 1.82) is 0 Å². The molecule has 0 radical (unpaired) electrons. The molecule has 0 bridgehead atoms. The minimum atomic E-state index is -2.68. The van der Waals surface area contributed by atoms with Crippen LogP contribution < -0.4 is 0 Å². The molecule has 0 heterocycles. The van der Waals surface area contributed by atoms with Gasteiger partial charge < -0.3 is 0 Å². The minimum absolute atomic E-state index is 0.0162. The predicted octanol–water partition coefficient (Wildman–Crippen LogP) is 5.08. The van der Waals surface area contributed by atoms with Crippen molar-refractivity contribution in [3.63, 3.8) is 0 Å². The first-order valence-electron chi connectivity index (χ1n) is 9.93. The van der Waals surface area contributed by atoms with Gasteiger partial charge in [0.15, 0.2) is 0 Å². The zero-order chi connectivity index (χ0) is 17.5. The van der Waals surface area contributed by atoms with Crippen LogP contribution in [0.15, 0.2) is 0 Å². The summed E-state index contributed by atoms with van der Waals surface area (Å²) < 4.78 is 9.93. The van der Waals surface area contributed by atoms with Gasteiger partial charge in [-0.1, -0.05) is 0 Å². The van der Waals surface area contributed by atoms with Crippen LogP contribution in [0.3, 0.4) is 0 Å². The number of aliphatic hydroxyl groups excluding tert-OH is 1. The summed E-state index contributed by atoms with van der Waals surface area (Å²) in [5, 5.41) is 21.7. The third-order valence-electron chi connectivity index (χ3n) is 5.56. The maximum absolute atomic E-state index is 11.1. The molecule has 23 heavy (non-hydrogen) atoms. The van der Waals surface area contributed by atoms with E-state index in [9.17, 15) is 10.2 Å². The molecule has 1 rings (SSSR count). The van der Waals surface area contributed by atoms with Gasteiger partial charge in [0.05, 0.1) is 0 Å². The molecular weight excluding hydrogens is 395 g/mol. The molecule has 3 nitrogen and oxygen atoms in total. The van der Waals surface area contributed by atoms with E-state index in [1.165, 1.54) is 51.8 Å². The van der Waals surface area contributed by atoms with Gasteiger partial charge in [-0.25, -0.2) is 0 Å². The molecule has 3 atom stereocenters. The van der Waals surface area contributed by atoms with E-state index in [1.54, 1.807) is 0 Å². The van der Waals surface area contributed by atoms with Crippen LogP contribution in [0, 0.1) is 0 Å². The first-order valence-corrected chi connectivity index (χ1v) is 17.6. The number of unbranched alkanes of at least 4 members (excludes halogenated alkanes) is 3. The van der Waals surface area contributed by atoms with E-state index >= 15 is 0 Å². The molecule has 1 aliphatic rings. The third kappa shape index (κ3) is 5.58. The summed E-state index contributed by atoms with van der Waals surface area (Å²) in [6, 6.07) is 0. The summed E-state index contributed by atoms with van der Waals surface area (Å²) in [4.78, 5) is 0. The Morgan fingerprint density at radius 3 is 1.74 bits per heavy atom. The van der Waals surface area contributed by atoms with Crippen LogP contribution in [-0.2, 0) is 4.74 Å². The Morgan fingerprint density at radius 1 is 1.00 bits per heavy atom. The Bertz CT molecular complexity index is 313. The van der Waals surface area contributed by atoms with Crippen molar-refractivity contribution < 1.29 is 14.9 Å². The summed E-state index contributed by atoms with van der Waals surface area (Å²) in [6.07, 6.45) is 7.50. The van der Waals surface area contributed by atoms with Crippen LogP contribution in [0.5, 0.6) is 0 Å². The predicted molar refractivity (Wildman–Crippen MR) is 100 cm³/mol. The van der Waals surface area contributed by atoms with Crippen LogP contribution in [0.25, 0.3) is 0 Å². The van der Waals surface area contributed by atoms with Crippen molar-refractivity contribution in [3.8, 4) is 0 Å². The van der Waals surface area contributed by atoms with Crippen molar-refractivity contribution in [2.24, 2.45) is 0 Å². The molecule has 2 N–H and O–H groups in total. The third-order valence-corrected chi connectivity index (χ3v) is 23.3. The number of aliphatic hydroxyl groups is 2. The van der Waals surface area contributed by atoms with Gasteiger partial charge in [0.1, 0.15) is 0 Å². The normalized spacial score (nSPS) is 28.2. The monoisotopic (exact) mass is 436 g/mol. The summed E-state index contributed by atoms with van der Waals surface area (Å²) in [6.45, 7) is 10.7. The quantitative estimate of drug-likeness (QED) is 0.332. The first kappa shape index (κ1) is 21.7. The SMILES string of the molecule is CCC[CH2][Sn]([CH2]CCC)([CH2]CCC)[C@@H]1[C@@H](O)C[C@]1(O)OC(C)C. The summed E-state index contributed by atoms with van der Waals surface area (Å²) in [5.74, 6) is -1.04. The van der Waals surface area contributed by atoms with E-state index < -0.39 is 24.2 Å².